The lowest BCUT2D eigenvalue weighted by Gasteiger charge is -2.31. The fraction of sp³-hybridized carbons (Fsp3) is 0.316. The Kier molecular flexibility index (Phi) is 6.84. The smallest absolute Gasteiger partial charge is 0.244 e. The van der Waals surface area contributed by atoms with E-state index in [1.165, 1.54) is 18.2 Å². The predicted molar refractivity (Wildman–Crippen MR) is 106 cm³/mol. The minimum Gasteiger partial charge on any atom is -0.350 e. The predicted octanol–water partition coefficient (Wildman–Crippen LogP) is 3.65. The standard InChI is InChI=1S/C19H22ClFN2O3S/c1-4-17(19(24)22-12-14-6-9-16(21)10-7-14)23(27(3,25)26)18-11-15(20)8-5-13(18)2/h5-11,17H,4,12H2,1-3H3,(H,22,24). The van der Waals surface area contributed by atoms with Gasteiger partial charge in [-0.3, -0.25) is 9.10 Å². The number of anilines is 1. The second-order valence-corrected chi connectivity index (χ2v) is 8.55. The quantitative estimate of drug-likeness (QED) is 0.754. The van der Waals surface area contributed by atoms with Crippen molar-refractivity contribution in [3.05, 3.63) is 64.4 Å². The van der Waals surface area contributed by atoms with Gasteiger partial charge in [-0.1, -0.05) is 36.7 Å². The Morgan fingerprint density at radius 2 is 1.85 bits per heavy atom. The molecule has 0 spiro atoms. The van der Waals surface area contributed by atoms with Crippen molar-refractivity contribution in [2.45, 2.75) is 32.9 Å². The van der Waals surface area contributed by atoms with Gasteiger partial charge < -0.3 is 5.32 Å². The fourth-order valence-electron chi connectivity index (χ4n) is 2.76. The van der Waals surface area contributed by atoms with Gasteiger partial charge in [0.1, 0.15) is 11.9 Å². The van der Waals surface area contributed by atoms with Gasteiger partial charge in [-0.15, -0.1) is 0 Å². The van der Waals surface area contributed by atoms with Crippen LogP contribution in [0.25, 0.3) is 0 Å². The zero-order valence-corrected chi connectivity index (χ0v) is 16.9. The summed E-state index contributed by atoms with van der Waals surface area (Å²) in [6.07, 6.45) is 1.33. The number of carbonyl (C=O) groups is 1. The van der Waals surface area contributed by atoms with Crippen LogP contribution in [0.5, 0.6) is 0 Å². The van der Waals surface area contributed by atoms with Crippen LogP contribution in [0.2, 0.25) is 5.02 Å². The molecule has 1 amide bonds. The Morgan fingerprint density at radius 1 is 1.22 bits per heavy atom. The number of hydrogen-bond donors (Lipinski definition) is 1. The minimum atomic E-state index is -3.74. The molecule has 0 aliphatic rings. The number of hydrogen-bond acceptors (Lipinski definition) is 3. The van der Waals surface area contributed by atoms with E-state index in [0.29, 0.717) is 21.8 Å². The Morgan fingerprint density at radius 3 is 2.41 bits per heavy atom. The average molecular weight is 413 g/mol. The SMILES string of the molecule is CCC(C(=O)NCc1ccc(F)cc1)N(c1cc(Cl)ccc1C)S(C)(=O)=O. The largest absolute Gasteiger partial charge is 0.350 e. The van der Waals surface area contributed by atoms with Gasteiger partial charge in [0.25, 0.3) is 0 Å². The Bertz CT molecular complexity index is 917. The molecule has 146 valence electrons. The molecule has 1 unspecified atom stereocenters. The molecule has 0 radical (unpaired) electrons. The molecular weight excluding hydrogens is 391 g/mol. The number of halogens is 2. The molecule has 0 saturated carbocycles. The van der Waals surface area contributed by atoms with Crippen LogP contribution in [0.3, 0.4) is 0 Å². The zero-order valence-electron chi connectivity index (χ0n) is 15.4. The van der Waals surface area contributed by atoms with Gasteiger partial charge >= 0.3 is 0 Å². The van der Waals surface area contributed by atoms with Crippen LogP contribution in [0.15, 0.2) is 42.5 Å². The second kappa shape index (κ2) is 8.71. The van der Waals surface area contributed by atoms with Crippen molar-refractivity contribution in [1.82, 2.24) is 5.32 Å². The van der Waals surface area contributed by atoms with Crippen molar-refractivity contribution in [3.8, 4) is 0 Å². The van der Waals surface area contributed by atoms with E-state index < -0.39 is 22.0 Å². The molecule has 27 heavy (non-hydrogen) atoms. The summed E-state index contributed by atoms with van der Waals surface area (Å²) in [6, 6.07) is 9.70. The van der Waals surface area contributed by atoms with E-state index in [1.807, 2.05) is 0 Å². The Hall–Kier alpha value is -2.12. The van der Waals surface area contributed by atoms with Crippen LogP contribution in [-0.4, -0.2) is 26.6 Å². The van der Waals surface area contributed by atoms with E-state index in [1.54, 1.807) is 38.1 Å². The Labute approximate surface area is 164 Å². The summed E-state index contributed by atoms with van der Waals surface area (Å²) in [4.78, 5) is 12.7. The molecule has 5 nitrogen and oxygen atoms in total. The summed E-state index contributed by atoms with van der Waals surface area (Å²) in [7, 11) is -3.74. The zero-order chi connectivity index (χ0) is 20.2. The number of aryl methyl sites for hydroxylation is 1. The molecular formula is C19H22ClFN2O3S. The lowest BCUT2D eigenvalue weighted by molar-refractivity contribution is -0.122. The van der Waals surface area contributed by atoms with Crippen LogP contribution in [-0.2, 0) is 21.4 Å². The fourth-order valence-corrected chi connectivity index (χ4v) is 4.19. The maximum absolute atomic E-state index is 13.0. The third-order valence-electron chi connectivity index (χ3n) is 4.12. The molecule has 0 heterocycles. The van der Waals surface area contributed by atoms with Crippen molar-refractivity contribution in [1.29, 1.82) is 0 Å². The van der Waals surface area contributed by atoms with Crippen LogP contribution >= 0.6 is 11.6 Å². The molecule has 8 heteroatoms. The van der Waals surface area contributed by atoms with E-state index in [2.05, 4.69) is 5.32 Å². The van der Waals surface area contributed by atoms with E-state index in [-0.39, 0.29) is 18.8 Å². The number of amides is 1. The number of sulfonamides is 1. The minimum absolute atomic E-state index is 0.168. The lowest BCUT2D eigenvalue weighted by Crippen LogP contribution is -2.49. The van der Waals surface area contributed by atoms with Crippen LogP contribution in [0, 0.1) is 12.7 Å². The molecule has 0 aliphatic carbocycles. The second-order valence-electron chi connectivity index (χ2n) is 6.26. The van der Waals surface area contributed by atoms with Crippen molar-refractivity contribution in [2.75, 3.05) is 10.6 Å². The van der Waals surface area contributed by atoms with Gasteiger partial charge in [-0.25, -0.2) is 12.8 Å². The van der Waals surface area contributed by atoms with Gasteiger partial charge in [0.15, 0.2) is 0 Å². The monoisotopic (exact) mass is 412 g/mol. The van der Waals surface area contributed by atoms with E-state index in [4.69, 9.17) is 11.6 Å². The van der Waals surface area contributed by atoms with Crippen molar-refractivity contribution in [3.63, 3.8) is 0 Å². The average Bonchev–Trinajstić information content (AvgIpc) is 2.60. The lowest BCUT2D eigenvalue weighted by atomic mass is 10.1. The molecule has 2 rings (SSSR count). The number of benzene rings is 2. The highest BCUT2D eigenvalue weighted by Gasteiger charge is 2.32. The first-order valence-electron chi connectivity index (χ1n) is 8.41. The molecule has 0 fully saturated rings. The van der Waals surface area contributed by atoms with Gasteiger partial charge in [0.05, 0.1) is 11.9 Å². The highest BCUT2D eigenvalue weighted by atomic mass is 35.5. The summed E-state index contributed by atoms with van der Waals surface area (Å²) in [6.45, 7) is 3.66. The first-order chi connectivity index (χ1) is 12.6. The van der Waals surface area contributed by atoms with Crippen molar-refractivity contribution < 1.29 is 17.6 Å². The molecule has 0 saturated heterocycles. The van der Waals surface area contributed by atoms with Crippen LogP contribution in [0.4, 0.5) is 10.1 Å². The third-order valence-corrected chi connectivity index (χ3v) is 5.52. The number of rotatable bonds is 7. The molecule has 2 aromatic carbocycles. The van der Waals surface area contributed by atoms with E-state index in [0.717, 1.165) is 10.6 Å². The molecule has 1 N–H and O–H groups in total. The van der Waals surface area contributed by atoms with Crippen molar-refractivity contribution >= 4 is 33.2 Å². The molecule has 0 aromatic heterocycles. The maximum Gasteiger partial charge on any atom is 0.244 e. The van der Waals surface area contributed by atoms with Crippen molar-refractivity contribution in [2.24, 2.45) is 0 Å². The highest BCUT2D eigenvalue weighted by Crippen LogP contribution is 2.29. The summed E-state index contributed by atoms with van der Waals surface area (Å²) < 4.78 is 39.0. The third kappa shape index (κ3) is 5.43. The van der Waals surface area contributed by atoms with Gasteiger partial charge in [0.2, 0.25) is 15.9 Å². The Balaban J connectivity index is 2.30. The van der Waals surface area contributed by atoms with Crippen LogP contribution < -0.4 is 9.62 Å². The topological polar surface area (TPSA) is 66.5 Å². The summed E-state index contributed by atoms with van der Waals surface area (Å²) in [5.41, 5.74) is 1.77. The van der Waals surface area contributed by atoms with E-state index in [9.17, 15) is 17.6 Å². The van der Waals surface area contributed by atoms with Gasteiger partial charge in [-0.05, 0) is 48.7 Å². The van der Waals surface area contributed by atoms with Gasteiger partial charge in [0, 0.05) is 11.6 Å². The molecule has 0 aliphatic heterocycles. The summed E-state index contributed by atoms with van der Waals surface area (Å²) >= 11 is 6.04. The molecule has 0 bridgehead atoms. The van der Waals surface area contributed by atoms with Gasteiger partial charge in [-0.2, -0.15) is 0 Å². The van der Waals surface area contributed by atoms with Crippen LogP contribution in [0.1, 0.15) is 24.5 Å². The first-order valence-corrected chi connectivity index (χ1v) is 10.6. The normalized spacial score (nSPS) is 12.5. The van der Waals surface area contributed by atoms with E-state index >= 15 is 0 Å². The molecule has 1 atom stereocenters. The number of carbonyl (C=O) groups excluding carboxylic acids is 1. The summed E-state index contributed by atoms with van der Waals surface area (Å²) in [5, 5.41) is 3.11. The summed E-state index contributed by atoms with van der Waals surface area (Å²) in [5.74, 6) is -0.803. The number of nitrogens with zero attached hydrogens (tertiary/aromatic N) is 1. The number of nitrogens with one attached hydrogen (secondary N) is 1. The first kappa shape index (κ1) is 21.2. The molecule has 2 aromatic rings. The maximum atomic E-state index is 13.0. The highest BCUT2D eigenvalue weighted by molar-refractivity contribution is 7.92.